The molecule has 0 saturated carbocycles. The third kappa shape index (κ3) is 5.07. The zero-order valence-electron chi connectivity index (χ0n) is 16.5. The van der Waals surface area contributed by atoms with Crippen molar-refractivity contribution in [2.24, 2.45) is 0 Å². The van der Waals surface area contributed by atoms with E-state index >= 15 is 0 Å². The van der Waals surface area contributed by atoms with Crippen LogP contribution in [0.5, 0.6) is 0 Å². The molecule has 7 heteroatoms. The number of hydrogen-bond acceptors (Lipinski definition) is 5. The van der Waals surface area contributed by atoms with Gasteiger partial charge in [0.2, 0.25) is 0 Å². The molecule has 2 heterocycles. The fraction of sp³-hybridized carbons (Fsp3) is 0.273. The van der Waals surface area contributed by atoms with E-state index in [-0.39, 0.29) is 17.5 Å². The third-order valence-electron chi connectivity index (χ3n) is 4.55. The molecule has 1 aromatic carbocycles. The predicted molar refractivity (Wildman–Crippen MR) is 107 cm³/mol. The molecule has 1 amide bonds. The topological polar surface area (TPSA) is 105 Å². The van der Waals surface area contributed by atoms with Crippen LogP contribution in [0.2, 0.25) is 0 Å². The molecule has 2 aromatic heterocycles. The zero-order chi connectivity index (χ0) is 21.0. The maximum absolute atomic E-state index is 12.6. The molecule has 0 bridgehead atoms. The van der Waals surface area contributed by atoms with Gasteiger partial charge in [-0.3, -0.25) is 14.6 Å². The highest BCUT2D eigenvalue weighted by atomic mass is 16.5. The Balaban J connectivity index is 1.79. The van der Waals surface area contributed by atoms with Crippen molar-refractivity contribution in [3.05, 3.63) is 71.7 Å². The van der Waals surface area contributed by atoms with Gasteiger partial charge in [0, 0.05) is 24.0 Å². The largest absolute Gasteiger partial charge is 0.481 e. The lowest BCUT2D eigenvalue weighted by Crippen LogP contribution is -2.30. The molecule has 29 heavy (non-hydrogen) atoms. The summed E-state index contributed by atoms with van der Waals surface area (Å²) in [5, 5.41) is 15.8. The number of carbonyl (C=O) groups is 2. The van der Waals surface area contributed by atoms with Crippen LogP contribution in [0, 0.1) is 0 Å². The summed E-state index contributed by atoms with van der Waals surface area (Å²) in [5.41, 5.74) is 2.58. The van der Waals surface area contributed by atoms with Crippen molar-refractivity contribution in [3.63, 3.8) is 0 Å². The minimum Gasteiger partial charge on any atom is -0.481 e. The lowest BCUT2D eigenvalue weighted by Gasteiger charge is -2.21. The van der Waals surface area contributed by atoms with Gasteiger partial charge in [-0.05, 0) is 28.7 Å². The second-order valence-corrected chi connectivity index (χ2v) is 7.81. The normalized spacial score (nSPS) is 12.4. The number of aliphatic carboxylic acids is 1. The number of rotatable bonds is 6. The number of carbonyl (C=O) groups excluding carboxylic acids is 1. The monoisotopic (exact) mass is 393 g/mol. The van der Waals surface area contributed by atoms with Crippen LogP contribution in [0.4, 0.5) is 0 Å². The predicted octanol–water partition coefficient (Wildman–Crippen LogP) is 3.98. The van der Waals surface area contributed by atoms with E-state index in [4.69, 9.17) is 4.52 Å². The van der Waals surface area contributed by atoms with Crippen molar-refractivity contribution in [1.82, 2.24) is 15.5 Å². The number of pyridine rings is 1. The Labute approximate surface area is 168 Å². The molecule has 0 aliphatic carbocycles. The number of benzene rings is 1. The standard InChI is InChI=1S/C22H23N3O4/c1-22(2,3)16-8-6-14(7-9-16)17(12-20(26)27)24-21(28)18-11-19(29-25-18)15-5-4-10-23-13-15/h4-11,13,17H,12H2,1-3H3,(H,24,28)(H,26,27). The maximum atomic E-state index is 12.6. The Bertz CT molecular complexity index is 989. The fourth-order valence-electron chi connectivity index (χ4n) is 2.90. The van der Waals surface area contributed by atoms with Crippen molar-refractivity contribution >= 4 is 11.9 Å². The Kier molecular flexibility index (Phi) is 5.77. The first-order chi connectivity index (χ1) is 13.7. The van der Waals surface area contributed by atoms with Gasteiger partial charge in [0.05, 0.1) is 12.5 Å². The van der Waals surface area contributed by atoms with E-state index in [1.54, 1.807) is 24.5 Å². The van der Waals surface area contributed by atoms with E-state index in [2.05, 4.69) is 36.2 Å². The summed E-state index contributed by atoms with van der Waals surface area (Å²) in [6.45, 7) is 6.30. The number of nitrogens with zero attached hydrogens (tertiary/aromatic N) is 2. The maximum Gasteiger partial charge on any atom is 0.305 e. The number of aromatic nitrogens is 2. The first-order valence-corrected chi connectivity index (χ1v) is 9.24. The van der Waals surface area contributed by atoms with Crippen LogP contribution in [-0.2, 0) is 10.2 Å². The van der Waals surface area contributed by atoms with Crippen LogP contribution in [-0.4, -0.2) is 27.1 Å². The molecule has 1 atom stereocenters. The van der Waals surface area contributed by atoms with Crippen molar-refractivity contribution in [3.8, 4) is 11.3 Å². The summed E-state index contributed by atoms with van der Waals surface area (Å²) >= 11 is 0. The first-order valence-electron chi connectivity index (χ1n) is 9.24. The van der Waals surface area contributed by atoms with E-state index in [0.29, 0.717) is 16.9 Å². The van der Waals surface area contributed by atoms with Crippen molar-refractivity contribution in [2.45, 2.75) is 38.6 Å². The Morgan fingerprint density at radius 2 is 1.90 bits per heavy atom. The fourth-order valence-corrected chi connectivity index (χ4v) is 2.90. The van der Waals surface area contributed by atoms with Gasteiger partial charge in [0.15, 0.2) is 11.5 Å². The quantitative estimate of drug-likeness (QED) is 0.656. The van der Waals surface area contributed by atoms with Crippen LogP contribution in [0.1, 0.15) is 54.8 Å². The van der Waals surface area contributed by atoms with Gasteiger partial charge in [-0.1, -0.05) is 50.2 Å². The van der Waals surface area contributed by atoms with Crippen molar-refractivity contribution < 1.29 is 19.2 Å². The molecule has 7 nitrogen and oxygen atoms in total. The SMILES string of the molecule is CC(C)(C)c1ccc(C(CC(=O)O)NC(=O)c2cc(-c3cccnc3)on2)cc1. The molecule has 2 N–H and O–H groups in total. The average Bonchev–Trinajstić information content (AvgIpc) is 3.18. The smallest absolute Gasteiger partial charge is 0.305 e. The molecule has 0 saturated heterocycles. The minimum atomic E-state index is -1.01. The number of hydrogen-bond donors (Lipinski definition) is 2. The molecule has 150 valence electrons. The highest BCUT2D eigenvalue weighted by Gasteiger charge is 2.22. The van der Waals surface area contributed by atoms with Crippen LogP contribution < -0.4 is 5.32 Å². The van der Waals surface area contributed by atoms with Gasteiger partial charge in [0.25, 0.3) is 5.91 Å². The minimum absolute atomic E-state index is 0.0204. The highest BCUT2D eigenvalue weighted by molar-refractivity contribution is 5.93. The number of amides is 1. The molecule has 0 spiro atoms. The number of nitrogens with one attached hydrogen (secondary N) is 1. The Morgan fingerprint density at radius 3 is 2.48 bits per heavy atom. The third-order valence-corrected chi connectivity index (χ3v) is 4.55. The molecule has 3 rings (SSSR count). The summed E-state index contributed by atoms with van der Waals surface area (Å²) in [7, 11) is 0. The van der Waals surface area contributed by atoms with Gasteiger partial charge < -0.3 is 14.9 Å². The summed E-state index contributed by atoms with van der Waals surface area (Å²) in [6.07, 6.45) is 3.00. The first kappa shape index (κ1) is 20.3. The summed E-state index contributed by atoms with van der Waals surface area (Å²) in [5.74, 6) is -1.10. The van der Waals surface area contributed by atoms with Crippen LogP contribution >= 0.6 is 0 Å². The molecular formula is C22H23N3O4. The van der Waals surface area contributed by atoms with Crippen LogP contribution in [0.3, 0.4) is 0 Å². The average molecular weight is 393 g/mol. The van der Waals surface area contributed by atoms with E-state index in [0.717, 1.165) is 5.56 Å². The molecule has 0 aliphatic rings. The molecule has 0 fully saturated rings. The van der Waals surface area contributed by atoms with Crippen LogP contribution in [0.15, 0.2) is 59.4 Å². The molecule has 0 aliphatic heterocycles. The highest BCUT2D eigenvalue weighted by Crippen LogP contribution is 2.25. The van der Waals surface area contributed by atoms with Gasteiger partial charge in [-0.25, -0.2) is 0 Å². The molecule has 1 unspecified atom stereocenters. The summed E-state index contributed by atoms with van der Waals surface area (Å²) < 4.78 is 5.23. The summed E-state index contributed by atoms with van der Waals surface area (Å²) in [6, 6.07) is 12.0. The number of carboxylic acids is 1. The van der Waals surface area contributed by atoms with Gasteiger partial charge >= 0.3 is 5.97 Å². The zero-order valence-corrected chi connectivity index (χ0v) is 16.5. The number of carboxylic acid groups (broad SMARTS) is 1. The second-order valence-electron chi connectivity index (χ2n) is 7.81. The molecule has 0 radical (unpaired) electrons. The second kappa shape index (κ2) is 8.26. The van der Waals surface area contributed by atoms with E-state index in [1.165, 1.54) is 6.07 Å². The van der Waals surface area contributed by atoms with E-state index in [1.807, 2.05) is 24.3 Å². The Morgan fingerprint density at radius 1 is 1.17 bits per heavy atom. The van der Waals surface area contributed by atoms with Gasteiger partial charge in [-0.15, -0.1) is 0 Å². The molecule has 3 aromatic rings. The van der Waals surface area contributed by atoms with Crippen molar-refractivity contribution in [2.75, 3.05) is 0 Å². The lowest BCUT2D eigenvalue weighted by atomic mass is 9.86. The van der Waals surface area contributed by atoms with E-state index < -0.39 is 17.9 Å². The lowest BCUT2D eigenvalue weighted by molar-refractivity contribution is -0.137. The molecular weight excluding hydrogens is 370 g/mol. The van der Waals surface area contributed by atoms with Crippen molar-refractivity contribution in [1.29, 1.82) is 0 Å². The van der Waals surface area contributed by atoms with E-state index in [9.17, 15) is 14.7 Å². The van der Waals surface area contributed by atoms with Gasteiger partial charge in [0.1, 0.15) is 0 Å². The van der Waals surface area contributed by atoms with Gasteiger partial charge in [-0.2, -0.15) is 0 Å². The summed E-state index contributed by atoms with van der Waals surface area (Å²) in [4.78, 5) is 28.0. The van der Waals surface area contributed by atoms with Crippen LogP contribution in [0.25, 0.3) is 11.3 Å². The Hall–Kier alpha value is -3.48.